The molecule has 2 rings (SSSR count). The van der Waals surface area contributed by atoms with Gasteiger partial charge < -0.3 is 10.1 Å². The van der Waals surface area contributed by atoms with Crippen LogP contribution in [0, 0.1) is 19.8 Å². The van der Waals surface area contributed by atoms with Crippen LogP contribution in [-0.2, 0) is 4.74 Å². The molecule has 96 valence electrons. The number of thiophene rings is 1. The topological polar surface area (TPSA) is 21.3 Å². The number of rotatable bonds is 4. The predicted molar refractivity (Wildman–Crippen MR) is 73.7 cm³/mol. The van der Waals surface area contributed by atoms with Crippen LogP contribution < -0.4 is 5.32 Å². The van der Waals surface area contributed by atoms with Crippen LogP contribution in [0.3, 0.4) is 0 Å². The van der Waals surface area contributed by atoms with Gasteiger partial charge in [-0.2, -0.15) is 0 Å². The Kier molecular flexibility index (Phi) is 4.23. The van der Waals surface area contributed by atoms with Gasteiger partial charge in [-0.05, 0) is 45.4 Å². The maximum absolute atomic E-state index is 5.72. The van der Waals surface area contributed by atoms with Crippen molar-refractivity contribution in [3.63, 3.8) is 0 Å². The highest BCUT2D eigenvalue weighted by atomic mass is 32.1. The Bertz CT molecular complexity index is 374. The summed E-state index contributed by atoms with van der Waals surface area (Å²) in [6.45, 7) is 10.7. The van der Waals surface area contributed by atoms with Gasteiger partial charge in [-0.15, -0.1) is 11.3 Å². The Labute approximate surface area is 108 Å². The van der Waals surface area contributed by atoms with Gasteiger partial charge in [0.2, 0.25) is 0 Å². The van der Waals surface area contributed by atoms with Gasteiger partial charge in [0, 0.05) is 28.3 Å². The van der Waals surface area contributed by atoms with Gasteiger partial charge in [0.25, 0.3) is 0 Å². The van der Waals surface area contributed by atoms with Gasteiger partial charge in [0.15, 0.2) is 0 Å². The Balaban J connectivity index is 2.25. The van der Waals surface area contributed by atoms with E-state index in [1.54, 1.807) is 0 Å². The van der Waals surface area contributed by atoms with E-state index in [2.05, 4.69) is 39.1 Å². The zero-order valence-electron chi connectivity index (χ0n) is 11.2. The van der Waals surface area contributed by atoms with Crippen molar-refractivity contribution in [2.24, 2.45) is 5.92 Å². The van der Waals surface area contributed by atoms with Crippen molar-refractivity contribution >= 4 is 11.3 Å². The van der Waals surface area contributed by atoms with Crippen LogP contribution in [0.4, 0.5) is 0 Å². The molecule has 0 amide bonds. The second kappa shape index (κ2) is 5.51. The van der Waals surface area contributed by atoms with Gasteiger partial charge in [0.1, 0.15) is 0 Å². The second-order valence-corrected chi connectivity index (χ2v) is 6.39. The molecule has 2 nitrogen and oxygen atoms in total. The summed E-state index contributed by atoms with van der Waals surface area (Å²) in [5.41, 5.74) is 1.48. The Morgan fingerprint density at radius 1 is 1.53 bits per heavy atom. The van der Waals surface area contributed by atoms with E-state index in [0.29, 0.717) is 18.1 Å². The summed E-state index contributed by atoms with van der Waals surface area (Å²) in [5.74, 6) is 0.614. The third kappa shape index (κ3) is 2.72. The molecule has 0 aliphatic carbocycles. The van der Waals surface area contributed by atoms with Crippen molar-refractivity contribution in [1.29, 1.82) is 0 Å². The Morgan fingerprint density at radius 3 is 2.76 bits per heavy atom. The first kappa shape index (κ1) is 13.1. The van der Waals surface area contributed by atoms with E-state index in [0.717, 1.165) is 13.2 Å². The smallest absolute Gasteiger partial charge is 0.0594 e. The molecule has 0 saturated carbocycles. The van der Waals surface area contributed by atoms with Gasteiger partial charge in [-0.1, -0.05) is 6.92 Å². The largest absolute Gasteiger partial charge is 0.378 e. The fourth-order valence-electron chi connectivity index (χ4n) is 2.86. The lowest BCUT2D eigenvalue weighted by Gasteiger charge is -2.27. The van der Waals surface area contributed by atoms with Gasteiger partial charge in [-0.25, -0.2) is 0 Å². The quantitative estimate of drug-likeness (QED) is 0.887. The van der Waals surface area contributed by atoms with Crippen LogP contribution in [0.25, 0.3) is 0 Å². The second-order valence-electron chi connectivity index (χ2n) is 4.93. The van der Waals surface area contributed by atoms with Gasteiger partial charge in [-0.3, -0.25) is 0 Å². The van der Waals surface area contributed by atoms with Crippen LogP contribution in [0.5, 0.6) is 0 Å². The molecule has 1 fully saturated rings. The lowest BCUT2D eigenvalue weighted by molar-refractivity contribution is 0.0955. The molecule has 1 aliphatic heterocycles. The highest BCUT2D eigenvalue weighted by Crippen LogP contribution is 2.37. The molecule has 17 heavy (non-hydrogen) atoms. The molecule has 0 aromatic carbocycles. The van der Waals surface area contributed by atoms with Crippen molar-refractivity contribution in [2.45, 2.75) is 46.3 Å². The van der Waals surface area contributed by atoms with Crippen molar-refractivity contribution in [3.8, 4) is 0 Å². The van der Waals surface area contributed by atoms with Crippen LogP contribution in [0.2, 0.25) is 0 Å². The number of hydrogen-bond donors (Lipinski definition) is 1. The maximum atomic E-state index is 5.72. The minimum absolute atomic E-state index is 0.374. The van der Waals surface area contributed by atoms with E-state index in [4.69, 9.17) is 4.74 Å². The van der Waals surface area contributed by atoms with E-state index in [-0.39, 0.29) is 0 Å². The standard InChI is InChI=1S/C14H23NOS/c1-5-15-14(12-6-7-16-10(12)3)13-8-9(2)17-11(13)4/h8,10,12,14-15H,5-7H2,1-4H3. The Morgan fingerprint density at radius 2 is 2.29 bits per heavy atom. The average molecular weight is 253 g/mol. The molecule has 1 aliphatic rings. The molecule has 3 atom stereocenters. The Hall–Kier alpha value is -0.380. The fraction of sp³-hybridized carbons (Fsp3) is 0.714. The molecule has 1 saturated heterocycles. The molecular weight excluding hydrogens is 230 g/mol. The number of hydrogen-bond acceptors (Lipinski definition) is 3. The minimum Gasteiger partial charge on any atom is -0.378 e. The monoisotopic (exact) mass is 253 g/mol. The normalized spacial score (nSPS) is 26.4. The molecule has 1 N–H and O–H groups in total. The molecule has 0 radical (unpaired) electrons. The molecular formula is C14H23NOS. The van der Waals surface area contributed by atoms with Crippen LogP contribution >= 0.6 is 11.3 Å². The van der Waals surface area contributed by atoms with Crippen LogP contribution in [0.15, 0.2) is 6.07 Å². The number of nitrogens with one attached hydrogen (secondary N) is 1. The molecule has 0 bridgehead atoms. The summed E-state index contributed by atoms with van der Waals surface area (Å²) >= 11 is 1.90. The SMILES string of the molecule is CCNC(c1cc(C)sc1C)C1CCOC1C. The maximum Gasteiger partial charge on any atom is 0.0594 e. The lowest BCUT2D eigenvalue weighted by atomic mass is 9.88. The van der Waals surface area contributed by atoms with Crippen molar-refractivity contribution in [2.75, 3.05) is 13.2 Å². The first-order valence-corrected chi connectivity index (χ1v) is 7.37. The van der Waals surface area contributed by atoms with E-state index < -0.39 is 0 Å². The van der Waals surface area contributed by atoms with E-state index >= 15 is 0 Å². The van der Waals surface area contributed by atoms with Crippen molar-refractivity contribution in [1.82, 2.24) is 5.32 Å². The summed E-state index contributed by atoms with van der Waals surface area (Å²) in [7, 11) is 0. The molecule has 1 aromatic heterocycles. The highest BCUT2D eigenvalue weighted by molar-refractivity contribution is 7.12. The summed E-state index contributed by atoms with van der Waals surface area (Å²) < 4.78 is 5.72. The molecule has 0 spiro atoms. The summed E-state index contributed by atoms with van der Waals surface area (Å²) in [6.07, 6.45) is 1.55. The predicted octanol–water partition coefficient (Wildman–Crippen LogP) is 3.44. The molecule has 3 unspecified atom stereocenters. The first-order valence-electron chi connectivity index (χ1n) is 6.55. The third-order valence-electron chi connectivity index (χ3n) is 3.70. The third-order valence-corrected chi connectivity index (χ3v) is 4.68. The zero-order valence-corrected chi connectivity index (χ0v) is 12.1. The van der Waals surface area contributed by atoms with Crippen molar-refractivity contribution < 1.29 is 4.74 Å². The van der Waals surface area contributed by atoms with E-state index in [1.807, 2.05) is 11.3 Å². The molecule has 2 heterocycles. The van der Waals surface area contributed by atoms with E-state index in [9.17, 15) is 0 Å². The van der Waals surface area contributed by atoms with Gasteiger partial charge in [0.05, 0.1) is 6.10 Å². The summed E-state index contributed by atoms with van der Waals surface area (Å²) in [5, 5.41) is 3.65. The van der Waals surface area contributed by atoms with E-state index in [1.165, 1.54) is 21.7 Å². The minimum atomic E-state index is 0.374. The number of ether oxygens (including phenoxy) is 1. The zero-order chi connectivity index (χ0) is 12.4. The van der Waals surface area contributed by atoms with Crippen LogP contribution in [0.1, 0.15) is 41.6 Å². The van der Waals surface area contributed by atoms with Gasteiger partial charge >= 0.3 is 0 Å². The first-order chi connectivity index (χ1) is 8.13. The lowest BCUT2D eigenvalue weighted by Crippen LogP contribution is -2.31. The number of aryl methyl sites for hydroxylation is 2. The molecule has 3 heteroatoms. The fourth-order valence-corrected chi connectivity index (χ4v) is 3.83. The van der Waals surface area contributed by atoms with Crippen molar-refractivity contribution in [3.05, 3.63) is 21.4 Å². The van der Waals surface area contributed by atoms with Crippen LogP contribution in [-0.4, -0.2) is 19.3 Å². The molecule has 1 aromatic rings. The summed E-state index contributed by atoms with van der Waals surface area (Å²) in [4.78, 5) is 2.86. The highest BCUT2D eigenvalue weighted by Gasteiger charge is 2.33. The summed E-state index contributed by atoms with van der Waals surface area (Å²) in [6, 6.07) is 2.81. The average Bonchev–Trinajstić information content (AvgIpc) is 2.82.